The minimum Gasteiger partial charge on any atom is -0.353 e. The molecule has 1 atom stereocenters. The van der Waals surface area contributed by atoms with Crippen molar-refractivity contribution in [2.45, 2.75) is 44.8 Å². The summed E-state index contributed by atoms with van der Waals surface area (Å²) in [5.74, 6) is 1.15. The fraction of sp³-hybridized carbons (Fsp3) is 0.500. The maximum atomic E-state index is 12.5. The summed E-state index contributed by atoms with van der Waals surface area (Å²) in [5.41, 5.74) is 3.13. The van der Waals surface area contributed by atoms with Crippen LogP contribution in [0, 0.1) is 19.8 Å². The van der Waals surface area contributed by atoms with E-state index in [1.54, 1.807) is 0 Å². The molecule has 1 amide bonds. The Balaban J connectivity index is 1.57. The minimum absolute atomic E-state index is 0.0269. The van der Waals surface area contributed by atoms with E-state index in [1.807, 2.05) is 26.0 Å². The molecule has 150 valence electrons. The molecule has 1 N–H and O–H groups in total. The number of nitrogens with zero attached hydrogens (tertiary/aromatic N) is 3. The highest BCUT2D eigenvalue weighted by Gasteiger charge is 2.25. The van der Waals surface area contributed by atoms with Crippen LogP contribution in [0.25, 0.3) is 0 Å². The van der Waals surface area contributed by atoms with Gasteiger partial charge in [0.1, 0.15) is 0 Å². The van der Waals surface area contributed by atoms with Gasteiger partial charge >= 0.3 is 0 Å². The number of hydrogen-bond donors (Lipinski definition) is 1. The summed E-state index contributed by atoms with van der Waals surface area (Å²) in [6, 6.07) is 12.7. The molecule has 2 aromatic rings. The molecule has 1 aliphatic heterocycles. The summed E-state index contributed by atoms with van der Waals surface area (Å²) in [7, 11) is 0. The van der Waals surface area contributed by atoms with Crippen molar-refractivity contribution in [2.75, 3.05) is 25.4 Å². The highest BCUT2D eigenvalue weighted by molar-refractivity contribution is 7.99. The topological polar surface area (TPSA) is 58.1 Å². The third-order valence-corrected chi connectivity index (χ3v) is 6.08. The second-order valence-corrected chi connectivity index (χ2v) is 8.61. The van der Waals surface area contributed by atoms with Gasteiger partial charge in [-0.05, 0) is 57.3 Å². The Hall–Kier alpha value is -1.92. The second kappa shape index (κ2) is 10.0. The summed E-state index contributed by atoms with van der Waals surface area (Å²) >= 11 is 1.39. The smallest absolute Gasteiger partial charge is 0.230 e. The number of carbonyl (C=O) groups is 1. The van der Waals surface area contributed by atoms with Crippen molar-refractivity contribution in [1.29, 1.82) is 0 Å². The van der Waals surface area contributed by atoms with Crippen LogP contribution < -0.4 is 5.32 Å². The van der Waals surface area contributed by atoms with E-state index in [2.05, 4.69) is 51.4 Å². The van der Waals surface area contributed by atoms with Gasteiger partial charge in [0.05, 0.1) is 11.8 Å². The standard InChI is InChI=1S/C22H30N4OS/c1-16-9-11-26(12-10-16)20(19-7-5-4-6-8-19)14-23-21(27)15-28-22-24-17(2)13-18(3)25-22/h4-8,13,16,20H,9-12,14-15H2,1-3H3,(H,23,27). The molecular weight excluding hydrogens is 368 g/mol. The van der Waals surface area contributed by atoms with Crippen LogP contribution in [0.1, 0.15) is 42.8 Å². The number of thioether (sulfide) groups is 1. The van der Waals surface area contributed by atoms with E-state index in [4.69, 9.17) is 0 Å². The fourth-order valence-corrected chi connectivity index (χ4v) is 4.40. The molecule has 1 aromatic carbocycles. The Labute approximate surface area is 172 Å². The quantitative estimate of drug-likeness (QED) is 0.568. The summed E-state index contributed by atoms with van der Waals surface area (Å²) in [6.07, 6.45) is 2.44. The summed E-state index contributed by atoms with van der Waals surface area (Å²) in [4.78, 5) is 23.7. The molecule has 2 heterocycles. The molecule has 0 spiro atoms. The van der Waals surface area contributed by atoms with Crippen LogP contribution in [-0.4, -0.2) is 46.2 Å². The lowest BCUT2D eigenvalue weighted by Crippen LogP contribution is -2.42. The van der Waals surface area contributed by atoms with Gasteiger partial charge in [-0.15, -0.1) is 0 Å². The molecule has 28 heavy (non-hydrogen) atoms. The lowest BCUT2D eigenvalue weighted by atomic mass is 9.95. The summed E-state index contributed by atoms with van der Waals surface area (Å²) in [6.45, 7) is 9.02. The Kier molecular flexibility index (Phi) is 7.45. The van der Waals surface area contributed by atoms with Gasteiger partial charge < -0.3 is 5.32 Å². The van der Waals surface area contributed by atoms with Crippen LogP contribution in [0.15, 0.2) is 41.6 Å². The minimum atomic E-state index is 0.0269. The van der Waals surface area contributed by atoms with E-state index in [0.29, 0.717) is 17.5 Å². The zero-order chi connectivity index (χ0) is 19.9. The molecule has 1 saturated heterocycles. The van der Waals surface area contributed by atoms with Gasteiger partial charge in [0, 0.05) is 17.9 Å². The first kappa shape index (κ1) is 20.8. The molecule has 0 radical (unpaired) electrons. The molecule has 3 rings (SSSR count). The average Bonchev–Trinajstić information content (AvgIpc) is 2.68. The normalized spacial score (nSPS) is 16.7. The van der Waals surface area contributed by atoms with Gasteiger partial charge in [-0.1, -0.05) is 49.0 Å². The number of aromatic nitrogens is 2. The zero-order valence-corrected chi connectivity index (χ0v) is 17.8. The Bertz CT molecular complexity index is 755. The SMILES string of the molecule is Cc1cc(C)nc(SCC(=O)NCC(c2ccccc2)N2CCC(C)CC2)n1. The Morgan fingerprint density at radius 1 is 1.18 bits per heavy atom. The zero-order valence-electron chi connectivity index (χ0n) is 17.0. The number of nitrogens with one attached hydrogen (secondary N) is 1. The lowest BCUT2D eigenvalue weighted by molar-refractivity contribution is -0.118. The van der Waals surface area contributed by atoms with Crippen molar-refractivity contribution in [3.8, 4) is 0 Å². The van der Waals surface area contributed by atoms with Gasteiger partial charge in [-0.3, -0.25) is 9.69 Å². The van der Waals surface area contributed by atoms with Crippen molar-refractivity contribution in [3.63, 3.8) is 0 Å². The molecule has 1 fully saturated rings. The third kappa shape index (κ3) is 6.04. The summed E-state index contributed by atoms with van der Waals surface area (Å²) in [5, 5.41) is 3.80. The average molecular weight is 399 g/mol. The number of likely N-dealkylation sites (tertiary alicyclic amines) is 1. The maximum Gasteiger partial charge on any atom is 0.230 e. The van der Waals surface area contributed by atoms with Gasteiger partial charge in [-0.25, -0.2) is 9.97 Å². The van der Waals surface area contributed by atoms with Gasteiger partial charge in [0.25, 0.3) is 0 Å². The fourth-order valence-electron chi connectivity index (χ4n) is 3.62. The first-order chi connectivity index (χ1) is 13.5. The van der Waals surface area contributed by atoms with Gasteiger partial charge in [0.15, 0.2) is 5.16 Å². The number of aryl methyl sites for hydroxylation is 2. The van der Waals surface area contributed by atoms with E-state index < -0.39 is 0 Å². The highest BCUT2D eigenvalue weighted by atomic mass is 32.2. The molecule has 0 saturated carbocycles. The first-order valence-corrected chi connectivity index (χ1v) is 11.0. The van der Waals surface area contributed by atoms with Crippen molar-refractivity contribution in [3.05, 3.63) is 53.3 Å². The van der Waals surface area contributed by atoms with E-state index >= 15 is 0 Å². The van der Waals surface area contributed by atoms with Crippen molar-refractivity contribution < 1.29 is 4.79 Å². The monoisotopic (exact) mass is 398 g/mol. The number of benzene rings is 1. The lowest BCUT2D eigenvalue weighted by Gasteiger charge is -2.37. The van der Waals surface area contributed by atoms with Crippen LogP contribution >= 0.6 is 11.8 Å². The van der Waals surface area contributed by atoms with Crippen molar-refractivity contribution in [2.24, 2.45) is 5.92 Å². The Morgan fingerprint density at radius 2 is 1.82 bits per heavy atom. The van der Waals surface area contributed by atoms with E-state index in [-0.39, 0.29) is 11.9 Å². The number of piperidine rings is 1. The van der Waals surface area contributed by atoms with Crippen molar-refractivity contribution in [1.82, 2.24) is 20.2 Å². The second-order valence-electron chi connectivity index (χ2n) is 7.67. The van der Waals surface area contributed by atoms with Gasteiger partial charge in [-0.2, -0.15) is 0 Å². The molecular formula is C22H30N4OS. The van der Waals surface area contributed by atoms with E-state index in [1.165, 1.54) is 30.2 Å². The molecule has 1 aliphatic rings. The predicted octanol–water partition coefficient (Wildman–Crippen LogP) is 3.77. The number of amides is 1. The van der Waals surface area contributed by atoms with Crippen LogP contribution in [0.3, 0.4) is 0 Å². The maximum absolute atomic E-state index is 12.5. The largest absolute Gasteiger partial charge is 0.353 e. The number of carbonyl (C=O) groups excluding carboxylic acids is 1. The van der Waals surface area contributed by atoms with Crippen LogP contribution in [0.2, 0.25) is 0 Å². The highest BCUT2D eigenvalue weighted by Crippen LogP contribution is 2.26. The number of rotatable bonds is 7. The van der Waals surface area contributed by atoms with E-state index in [0.717, 1.165) is 30.4 Å². The third-order valence-electron chi connectivity index (χ3n) is 5.23. The molecule has 1 aromatic heterocycles. The molecule has 0 aliphatic carbocycles. The predicted molar refractivity (Wildman–Crippen MR) is 114 cm³/mol. The molecule has 0 bridgehead atoms. The Morgan fingerprint density at radius 3 is 2.46 bits per heavy atom. The van der Waals surface area contributed by atoms with Crippen LogP contribution in [0.5, 0.6) is 0 Å². The van der Waals surface area contributed by atoms with Crippen LogP contribution in [0.4, 0.5) is 0 Å². The summed E-state index contributed by atoms with van der Waals surface area (Å²) < 4.78 is 0. The van der Waals surface area contributed by atoms with Gasteiger partial charge in [0.2, 0.25) is 5.91 Å². The van der Waals surface area contributed by atoms with Crippen molar-refractivity contribution >= 4 is 17.7 Å². The van der Waals surface area contributed by atoms with E-state index in [9.17, 15) is 4.79 Å². The molecule has 5 nitrogen and oxygen atoms in total. The first-order valence-electron chi connectivity index (χ1n) is 10.0. The number of hydrogen-bond acceptors (Lipinski definition) is 5. The van der Waals surface area contributed by atoms with Crippen LogP contribution in [-0.2, 0) is 4.79 Å². The molecule has 6 heteroatoms. The molecule has 1 unspecified atom stereocenters.